The Balaban J connectivity index is 1.44. The normalized spacial score (nSPS) is 11.8. The van der Waals surface area contributed by atoms with E-state index in [1.165, 1.54) is 11.3 Å². The van der Waals surface area contributed by atoms with Gasteiger partial charge in [-0.1, -0.05) is 30.3 Å². The van der Waals surface area contributed by atoms with Gasteiger partial charge in [0.25, 0.3) is 5.91 Å². The van der Waals surface area contributed by atoms with E-state index in [1.54, 1.807) is 11.4 Å². The summed E-state index contributed by atoms with van der Waals surface area (Å²) in [7, 11) is 4.03. The van der Waals surface area contributed by atoms with Crippen LogP contribution in [0.5, 0.6) is 0 Å². The first-order valence-corrected chi connectivity index (χ1v) is 11.9. The maximum absolute atomic E-state index is 12.5. The van der Waals surface area contributed by atoms with E-state index in [0.29, 0.717) is 18.7 Å². The largest absolute Gasteiger partial charge is 0.378 e. The lowest BCUT2D eigenvalue weighted by atomic mass is 9.90. The molecule has 2 aromatic carbocycles. The first kappa shape index (κ1) is 22.6. The van der Waals surface area contributed by atoms with Crippen LogP contribution in [0.3, 0.4) is 0 Å². The van der Waals surface area contributed by atoms with Gasteiger partial charge in [0.05, 0.1) is 0 Å². The van der Waals surface area contributed by atoms with Gasteiger partial charge in [0, 0.05) is 73.3 Å². The summed E-state index contributed by atoms with van der Waals surface area (Å²) in [5.74, 6) is -0.237. The summed E-state index contributed by atoms with van der Waals surface area (Å²) in [5.41, 5.74) is 5.11. The van der Waals surface area contributed by atoms with E-state index in [1.807, 2.05) is 37.8 Å². The second-order valence-corrected chi connectivity index (χ2v) is 8.93. The van der Waals surface area contributed by atoms with Crippen molar-refractivity contribution in [2.45, 2.75) is 12.3 Å². The second kappa shape index (κ2) is 10.4. The van der Waals surface area contributed by atoms with Crippen LogP contribution in [-0.4, -0.2) is 44.0 Å². The Kier molecular flexibility index (Phi) is 7.10. The topological polar surface area (TPSA) is 77.2 Å². The monoisotopic (exact) mass is 460 g/mol. The lowest BCUT2D eigenvalue weighted by Gasteiger charge is -2.20. The zero-order valence-corrected chi connectivity index (χ0v) is 19.6. The van der Waals surface area contributed by atoms with Gasteiger partial charge in [0.1, 0.15) is 0 Å². The minimum absolute atomic E-state index is 0.00158. The number of carbonyl (C=O) groups excluding carboxylic acids is 2. The molecule has 33 heavy (non-hydrogen) atoms. The number of amides is 2. The molecule has 1 unspecified atom stereocenters. The fraction of sp³-hybridized carbons (Fsp3) is 0.231. The van der Waals surface area contributed by atoms with Gasteiger partial charge in [-0.25, -0.2) is 0 Å². The van der Waals surface area contributed by atoms with Crippen molar-refractivity contribution < 1.29 is 9.59 Å². The first-order chi connectivity index (χ1) is 16.0. The molecular formula is C26H28N4O2S. The summed E-state index contributed by atoms with van der Waals surface area (Å²) in [5, 5.41) is 10.7. The highest BCUT2D eigenvalue weighted by Gasteiger charge is 2.19. The molecule has 3 N–H and O–H groups in total. The van der Waals surface area contributed by atoms with E-state index in [-0.39, 0.29) is 24.2 Å². The van der Waals surface area contributed by atoms with Gasteiger partial charge >= 0.3 is 0 Å². The number of hydrogen-bond donors (Lipinski definition) is 3. The number of carbonyl (C=O) groups is 2. The molecule has 6 nitrogen and oxygen atoms in total. The molecule has 0 aliphatic carbocycles. The van der Waals surface area contributed by atoms with Gasteiger partial charge in [-0.3, -0.25) is 9.59 Å². The van der Waals surface area contributed by atoms with E-state index in [2.05, 4.69) is 56.9 Å². The molecule has 0 radical (unpaired) electrons. The lowest BCUT2D eigenvalue weighted by Crippen LogP contribution is -2.33. The van der Waals surface area contributed by atoms with Crippen LogP contribution in [0, 0.1) is 0 Å². The van der Waals surface area contributed by atoms with Crippen LogP contribution in [0.4, 0.5) is 5.69 Å². The predicted octanol–water partition coefficient (Wildman–Crippen LogP) is 4.36. The van der Waals surface area contributed by atoms with E-state index >= 15 is 0 Å². The van der Waals surface area contributed by atoms with Gasteiger partial charge in [-0.2, -0.15) is 11.3 Å². The Morgan fingerprint density at radius 2 is 1.82 bits per heavy atom. The summed E-state index contributed by atoms with van der Waals surface area (Å²) in [6, 6.07) is 18.4. The number of nitrogens with zero attached hydrogens (tertiary/aromatic N) is 1. The number of hydrogen-bond acceptors (Lipinski definition) is 4. The summed E-state index contributed by atoms with van der Waals surface area (Å²) < 4.78 is 0. The summed E-state index contributed by atoms with van der Waals surface area (Å²) in [6.07, 6.45) is 2.26. The molecule has 170 valence electrons. The number of aromatic nitrogens is 1. The van der Waals surface area contributed by atoms with Crippen molar-refractivity contribution in [1.29, 1.82) is 0 Å². The Morgan fingerprint density at radius 3 is 2.55 bits per heavy atom. The molecule has 0 fully saturated rings. The van der Waals surface area contributed by atoms with Crippen molar-refractivity contribution in [2.24, 2.45) is 0 Å². The van der Waals surface area contributed by atoms with Crippen molar-refractivity contribution in [2.75, 3.05) is 32.1 Å². The summed E-state index contributed by atoms with van der Waals surface area (Å²) >= 11 is 1.47. The van der Waals surface area contributed by atoms with Crippen LogP contribution in [-0.2, 0) is 4.79 Å². The van der Waals surface area contributed by atoms with Gasteiger partial charge in [0.2, 0.25) is 5.91 Å². The SMILES string of the molecule is CN(C)c1ccc(C(CNC(=O)CCNC(=O)c2ccsc2)c2c[nH]c3ccccc23)cc1. The minimum atomic E-state index is -0.151. The van der Waals surface area contributed by atoms with E-state index in [4.69, 9.17) is 0 Å². The Morgan fingerprint density at radius 1 is 1.03 bits per heavy atom. The van der Waals surface area contributed by atoms with E-state index in [9.17, 15) is 9.59 Å². The number of thiophene rings is 1. The van der Waals surface area contributed by atoms with Crippen molar-refractivity contribution in [3.63, 3.8) is 0 Å². The predicted molar refractivity (Wildman–Crippen MR) is 135 cm³/mol. The molecule has 2 amide bonds. The molecule has 4 aromatic rings. The van der Waals surface area contributed by atoms with Crippen molar-refractivity contribution in [3.8, 4) is 0 Å². The number of rotatable bonds is 9. The average Bonchev–Trinajstić information content (AvgIpc) is 3.50. The van der Waals surface area contributed by atoms with E-state index in [0.717, 1.165) is 27.7 Å². The van der Waals surface area contributed by atoms with Crippen LogP contribution >= 0.6 is 11.3 Å². The zero-order valence-electron chi connectivity index (χ0n) is 18.8. The maximum atomic E-state index is 12.5. The number of benzene rings is 2. The Labute approximate surface area is 197 Å². The maximum Gasteiger partial charge on any atom is 0.252 e. The zero-order chi connectivity index (χ0) is 23.2. The molecule has 0 aliphatic heterocycles. The Bertz CT molecular complexity index is 1210. The number of fused-ring (bicyclic) bond motifs is 1. The molecule has 4 rings (SSSR count). The third-order valence-electron chi connectivity index (χ3n) is 5.73. The van der Waals surface area contributed by atoms with Crippen LogP contribution in [0.1, 0.15) is 33.8 Å². The highest BCUT2D eigenvalue weighted by atomic mass is 32.1. The highest BCUT2D eigenvalue weighted by molar-refractivity contribution is 7.08. The first-order valence-electron chi connectivity index (χ1n) is 10.9. The number of anilines is 1. The van der Waals surface area contributed by atoms with Gasteiger partial charge in [0.15, 0.2) is 0 Å². The fourth-order valence-electron chi connectivity index (χ4n) is 3.88. The highest BCUT2D eigenvalue weighted by Crippen LogP contribution is 2.31. The smallest absolute Gasteiger partial charge is 0.252 e. The van der Waals surface area contributed by atoms with Gasteiger partial charge < -0.3 is 20.5 Å². The number of nitrogens with one attached hydrogen (secondary N) is 3. The molecule has 2 aromatic heterocycles. The second-order valence-electron chi connectivity index (χ2n) is 8.15. The molecule has 0 spiro atoms. The van der Waals surface area contributed by atoms with Gasteiger partial charge in [-0.05, 0) is 40.8 Å². The number of aromatic amines is 1. The quantitative estimate of drug-likeness (QED) is 0.347. The molecule has 0 aliphatic rings. The standard InChI is InChI=1S/C26H28N4O2S/c1-30(2)20-9-7-18(8-10-20)22(23-16-28-24-6-4-3-5-21(23)24)15-29-25(31)11-13-27-26(32)19-12-14-33-17-19/h3-10,12,14,16-17,22,28H,11,13,15H2,1-2H3,(H,27,32)(H,29,31). The molecule has 0 saturated carbocycles. The molecule has 2 heterocycles. The van der Waals surface area contributed by atoms with Crippen molar-refractivity contribution in [1.82, 2.24) is 15.6 Å². The third kappa shape index (κ3) is 5.43. The summed E-state index contributed by atoms with van der Waals surface area (Å²) in [6.45, 7) is 0.774. The summed E-state index contributed by atoms with van der Waals surface area (Å²) in [4.78, 5) is 30.0. The van der Waals surface area contributed by atoms with Crippen LogP contribution < -0.4 is 15.5 Å². The fourth-order valence-corrected chi connectivity index (χ4v) is 4.52. The number of para-hydroxylation sites is 1. The lowest BCUT2D eigenvalue weighted by molar-refractivity contribution is -0.120. The molecule has 0 saturated heterocycles. The van der Waals surface area contributed by atoms with Crippen molar-refractivity contribution >= 4 is 39.7 Å². The van der Waals surface area contributed by atoms with E-state index < -0.39 is 0 Å². The van der Waals surface area contributed by atoms with Crippen LogP contribution in [0.15, 0.2) is 71.6 Å². The van der Waals surface area contributed by atoms with Crippen LogP contribution in [0.25, 0.3) is 10.9 Å². The van der Waals surface area contributed by atoms with Crippen molar-refractivity contribution in [3.05, 3.63) is 88.2 Å². The molecule has 1 atom stereocenters. The molecule has 0 bridgehead atoms. The third-order valence-corrected chi connectivity index (χ3v) is 6.42. The average molecular weight is 461 g/mol. The number of H-pyrrole nitrogens is 1. The molecular weight excluding hydrogens is 432 g/mol. The van der Waals surface area contributed by atoms with Gasteiger partial charge in [-0.15, -0.1) is 0 Å². The Hall–Kier alpha value is -3.58. The minimum Gasteiger partial charge on any atom is -0.378 e. The molecule has 7 heteroatoms. The van der Waals surface area contributed by atoms with Crippen LogP contribution in [0.2, 0.25) is 0 Å².